The number of phenols is 1. The van der Waals surface area contributed by atoms with Crippen LogP contribution in [0.2, 0.25) is 0 Å². The summed E-state index contributed by atoms with van der Waals surface area (Å²) in [6.07, 6.45) is 5.54. The molecule has 3 fully saturated rings. The monoisotopic (exact) mass is 439 g/mol. The molecule has 8 heteroatoms. The Kier molecular flexibility index (Phi) is 5.86. The first-order valence-electron chi connectivity index (χ1n) is 11.7. The van der Waals surface area contributed by atoms with E-state index in [-0.39, 0.29) is 29.5 Å². The second-order valence-corrected chi connectivity index (χ2v) is 9.58. The third kappa shape index (κ3) is 3.58. The number of nitrogens with zero attached hydrogens (tertiary/aromatic N) is 1. The topological polar surface area (TPSA) is 96.3 Å². The summed E-state index contributed by atoms with van der Waals surface area (Å²) in [6, 6.07) is 6.72. The van der Waals surface area contributed by atoms with Gasteiger partial charge in [-0.2, -0.15) is 0 Å². The zero-order valence-electron chi connectivity index (χ0n) is 18.4. The number of likely N-dealkylation sites (tertiary alicyclic amines) is 1. The van der Waals surface area contributed by atoms with Crippen molar-refractivity contribution in [2.45, 2.75) is 57.1 Å². The summed E-state index contributed by atoms with van der Waals surface area (Å²) in [4.78, 5) is 28.7. The molecule has 32 heavy (non-hydrogen) atoms. The van der Waals surface area contributed by atoms with Gasteiger partial charge in [0, 0.05) is 13.2 Å². The Balaban J connectivity index is 1.50. The Morgan fingerprint density at radius 2 is 1.81 bits per heavy atom. The van der Waals surface area contributed by atoms with Gasteiger partial charge < -0.3 is 19.5 Å². The van der Waals surface area contributed by atoms with Gasteiger partial charge in [-0.15, -0.1) is 0 Å². The Bertz CT molecular complexity index is 925. The average molecular weight is 439 g/mol. The van der Waals surface area contributed by atoms with Crippen LogP contribution in [0, 0.1) is 17.8 Å². The van der Waals surface area contributed by atoms with Crippen LogP contribution >= 0.6 is 0 Å². The maximum atomic E-state index is 13.7. The highest BCUT2D eigenvalue weighted by molar-refractivity contribution is 6.53. The molecule has 0 radical (unpaired) electrons. The molecule has 0 unspecified atom stereocenters. The number of aromatic hydroxyl groups is 1. The van der Waals surface area contributed by atoms with Gasteiger partial charge in [0.2, 0.25) is 11.8 Å². The number of carbonyl (C=O) groups is 2. The number of hydrogen-bond acceptors (Lipinski definition) is 6. The van der Waals surface area contributed by atoms with E-state index in [4.69, 9.17) is 9.39 Å². The maximum absolute atomic E-state index is 13.7. The normalized spacial score (nSPS) is 31.2. The first-order chi connectivity index (χ1) is 15.5. The number of hydrogen-bond donors (Lipinski definition) is 2. The summed E-state index contributed by atoms with van der Waals surface area (Å²) in [6.45, 7) is 0.310. The number of fused-ring (bicyclic) bond motifs is 3. The fourth-order valence-electron chi connectivity index (χ4n) is 6.34. The predicted molar refractivity (Wildman–Crippen MR) is 117 cm³/mol. The van der Waals surface area contributed by atoms with Crippen LogP contribution in [0.25, 0.3) is 0 Å². The number of benzene rings is 1. The van der Waals surface area contributed by atoms with Crippen LogP contribution in [0.15, 0.2) is 35.3 Å². The molecule has 4 aliphatic rings. The summed E-state index contributed by atoms with van der Waals surface area (Å²) in [5.41, 5.74) is 2.43. The molecule has 1 aromatic carbocycles. The van der Waals surface area contributed by atoms with Crippen LogP contribution < -0.4 is 0 Å². The lowest BCUT2D eigenvalue weighted by Crippen LogP contribution is -2.45. The molecule has 0 aromatic heterocycles. The molecular weight excluding hydrogens is 409 g/mol. The lowest BCUT2D eigenvalue weighted by Gasteiger charge is -2.42. The first-order valence-corrected chi connectivity index (χ1v) is 11.7. The lowest BCUT2D eigenvalue weighted by molar-refractivity contribution is -0.143. The van der Waals surface area contributed by atoms with Crippen LogP contribution in [-0.4, -0.2) is 53.7 Å². The first kappa shape index (κ1) is 21.7. The summed E-state index contributed by atoms with van der Waals surface area (Å²) in [5, 5.41) is 20.6. The van der Waals surface area contributed by atoms with Crippen LogP contribution in [-0.2, 0) is 19.0 Å². The van der Waals surface area contributed by atoms with E-state index in [9.17, 15) is 19.7 Å². The van der Waals surface area contributed by atoms with Crippen molar-refractivity contribution < 1.29 is 29.1 Å². The van der Waals surface area contributed by atoms with Gasteiger partial charge in [-0.3, -0.25) is 14.5 Å². The van der Waals surface area contributed by atoms with E-state index in [1.807, 2.05) is 0 Å². The minimum absolute atomic E-state index is 0.00124. The smallest absolute Gasteiger partial charge is 0.487 e. The molecule has 7 nitrogen and oxygen atoms in total. The molecule has 2 amide bonds. The van der Waals surface area contributed by atoms with E-state index in [2.05, 4.69) is 0 Å². The van der Waals surface area contributed by atoms with Crippen LogP contribution in [0.5, 0.6) is 5.75 Å². The van der Waals surface area contributed by atoms with Crippen molar-refractivity contribution in [3.8, 4) is 5.75 Å². The van der Waals surface area contributed by atoms with Gasteiger partial charge in [-0.25, -0.2) is 0 Å². The number of allylic oxidation sites excluding steroid dienone is 1. The van der Waals surface area contributed by atoms with Gasteiger partial charge in [0.05, 0.1) is 24.5 Å². The Morgan fingerprint density at radius 3 is 2.50 bits per heavy atom. The summed E-state index contributed by atoms with van der Waals surface area (Å²) < 4.78 is 11.4. The van der Waals surface area contributed by atoms with Crippen molar-refractivity contribution in [3.63, 3.8) is 0 Å². The minimum atomic E-state index is -1.15. The highest BCUT2D eigenvalue weighted by Gasteiger charge is 2.58. The quantitative estimate of drug-likeness (QED) is 0.554. The molecule has 4 atom stereocenters. The van der Waals surface area contributed by atoms with E-state index in [1.165, 1.54) is 0 Å². The molecule has 170 valence electrons. The number of rotatable bonds is 4. The molecule has 0 bridgehead atoms. The molecule has 0 spiro atoms. The average Bonchev–Trinajstić information content (AvgIpc) is 3.04. The highest BCUT2D eigenvalue weighted by Crippen LogP contribution is 2.52. The zero-order chi connectivity index (χ0) is 22.4. The Hall–Kier alpha value is -2.16. The predicted octanol–water partition coefficient (Wildman–Crippen LogP) is 2.77. The van der Waals surface area contributed by atoms with Crippen LogP contribution in [0.3, 0.4) is 0 Å². The van der Waals surface area contributed by atoms with Gasteiger partial charge in [-0.1, -0.05) is 31.4 Å². The second-order valence-electron chi connectivity index (χ2n) is 9.58. The molecule has 2 aliphatic heterocycles. The SMILES string of the molecule is COCC1=C2B(O)O[C@H](c3ccc(O)cc3)C[C@H]2[C@H]2C(=O)N(C3CCCCC3)C(=O)[C@H]2C1. The summed E-state index contributed by atoms with van der Waals surface area (Å²) in [7, 11) is 0.449. The van der Waals surface area contributed by atoms with Crippen molar-refractivity contribution in [3.05, 3.63) is 40.9 Å². The number of ether oxygens (including phenoxy) is 1. The van der Waals surface area contributed by atoms with Crippen molar-refractivity contribution in [2.24, 2.45) is 17.8 Å². The Labute approximate surface area is 188 Å². The van der Waals surface area contributed by atoms with E-state index in [0.717, 1.165) is 48.7 Å². The van der Waals surface area contributed by atoms with Crippen LogP contribution in [0.4, 0.5) is 0 Å². The second kappa shape index (κ2) is 8.65. The van der Waals surface area contributed by atoms with Crippen molar-refractivity contribution in [1.82, 2.24) is 4.90 Å². The van der Waals surface area contributed by atoms with Gasteiger partial charge >= 0.3 is 7.12 Å². The number of methoxy groups -OCH3 is 1. The Morgan fingerprint density at radius 1 is 1.09 bits per heavy atom. The van der Waals surface area contributed by atoms with Gasteiger partial charge in [0.15, 0.2) is 0 Å². The minimum Gasteiger partial charge on any atom is -0.508 e. The molecule has 1 aromatic rings. The summed E-state index contributed by atoms with van der Waals surface area (Å²) in [5.74, 6) is -1.10. The molecule has 2 saturated heterocycles. The lowest BCUT2D eigenvalue weighted by atomic mass is 9.55. The molecule has 5 rings (SSSR count). The highest BCUT2D eigenvalue weighted by atomic mass is 16.5. The molecule has 1 saturated carbocycles. The number of imide groups is 1. The van der Waals surface area contributed by atoms with Gasteiger partial charge in [0.25, 0.3) is 0 Å². The van der Waals surface area contributed by atoms with E-state index >= 15 is 0 Å². The summed E-state index contributed by atoms with van der Waals surface area (Å²) >= 11 is 0. The van der Waals surface area contributed by atoms with Crippen molar-refractivity contribution in [2.75, 3.05) is 13.7 Å². The fourth-order valence-corrected chi connectivity index (χ4v) is 6.34. The maximum Gasteiger partial charge on any atom is 0.487 e. The molecule has 2 heterocycles. The third-order valence-electron chi connectivity index (χ3n) is 7.77. The fraction of sp³-hybridized carbons (Fsp3) is 0.583. The van der Waals surface area contributed by atoms with Crippen LogP contribution in [0.1, 0.15) is 56.6 Å². The molecule has 2 aliphatic carbocycles. The number of phenolic OH excluding ortho intramolecular Hbond substituents is 1. The number of amides is 2. The van der Waals surface area contributed by atoms with E-state index in [1.54, 1.807) is 36.3 Å². The van der Waals surface area contributed by atoms with Gasteiger partial charge in [0.1, 0.15) is 5.75 Å². The van der Waals surface area contributed by atoms with E-state index < -0.39 is 25.1 Å². The zero-order valence-corrected chi connectivity index (χ0v) is 18.4. The number of carbonyl (C=O) groups excluding carboxylic acids is 2. The van der Waals surface area contributed by atoms with Gasteiger partial charge in [-0.05, 0) is 60.3 Å². The standard InChI is InChI=1S/C24H30BNO6/c1-31-13-15-11-19-21(24(29)26(23(19)28)16-5-3-2-4-6-16)18-12-20(32-25(30)22(15)18)14-7-9-17(27)10-8-14/h7-10,16,18-21,27,30H,2-6,11-13H2,1H3/t18-,19-,20-,21+/m0/s1. The molecular formula is C24H30BNO6. The van der Waals surface area contributed by atoms with Crippen molar-refractivity contribution in [1.29, 1.82) is 0 Å². The molecule has 2 N–H and O–H groups in total. The van der Waals surface area contributed by atoms with Crippen molar-refractivity contribution >= 4 is 18.9 Å². The van der Waals surface area contributed by atoms with E-state index in [0.29, 0.717) is 19.4 Å². The largest absolute Gasteiger partial charge is 0.508 e. The third-order valence-corrected chi connectivity index (χ3v) is 7.77.